The highest BCUT2D eigenvalue weighted by Gasteiger charge is 2.25. The molecule has 0 bridgehead atoms. The average Bonchev–Trinajstić information content (AvgIpc) is 2.69. The van der Waals surface area contributed by atoms with Gasteiger partial charge in [0.15, 0.2) is 0 Å². The van der Waals surface area contributed by atoms with Crippen LogP contribution in [0.15, 0.2) is 78.9 Å². The number of hydrogen-bond donors (Lipinski definition) is 0. The van der Waals surface area contributed by atoms with Crippen molar-refractivity contribution in [2.45, 2.75) is 19.0 Å². The SMILES string of the molecule is Fc1ccc(C#C[C@@H]2c3ccccc3CCN2Cc2ccccc2)cc1. The van der Waals surface area contributed by atoms with E-state index in [0.717, 1.165) is 25.1 Å². The topological polar surface area (TPSA) is 3.24 Å². The fourth-order valence-corrected chi connectivity index (χ4v) is 3.46. The summed E-state index contributed by atoms with van der Waals surface area (Å²) in [5, 5.41) is 0. The number of nitrogens with zero attached hydrogens (tertiary/aromatic N) is 1. The van der Waals surface area contributed by atoms with Crippen molar-refractivity contribution in [2.24, 2.45) is 0 Å². The van der Waals surface area contributed by atoms with Crippen LogP contribution < -0.4 is 0 Å². The normalized spacial score (nSPS) is 16.4. The average molecular weight is 341 g/mol. The van der Waals surface area contributed by atoms with Gasteiger partial charge in [-0.25, -0.2) is 4.39 Å². The molecule has 26 heavy (non-hydrogen) atoms. The van der Waals surface area contributed by atoms with E-state index < -0.39 is 0 Å². The molecule has 0 saturated heterocycles. The Morgan fingerprint density at radius 3 is 2.42 bits per heavy atom. The number of rotatable bonds is 2. The lowest BCUT2D eigenvalue weighted by Gasteiger charge is -2.34. The molecule has 0 N–H and O–H groups in total. The van der Waals surface area contributed by atoms with Crippen molar-refractivity contribution in [3.63, 3.8) is 0 Å². The van der Waals surface area contributed by atoms with E-state index in [1.165, 1.54) is 28.8 Å². The Hall–Kier alpha value is -2.89. The second-order valence-electron chi connectivity index (χ2n) is 6.58. The maximum atomic E-state index is 13.1. The Labute approximate surface area is 154 Å². The third-order valence-corrected chi connectivity index (χ3v) is 4.81. The smallest absolute Gasteiger partial charge is 0.123 e. The van der Waals surface area contributed by atoms with Gasteiger partial charge in [0.1, 0.15) is 5.82 Å². The van der Waals surface area contributed by atoms with E-state index in [2.05, 4.69) is 65.3 Å². The zero-order valence-electron chi connectivity index (χ0n) is 14.5. The van der Waals surface area contributed by atoms with Crippen LogP contribution in [0.1, 0.15) is 28.3 Å². The maximum Gasteiger partial charge on any atom is 0.123 e. The summed E-state index contributed by atoms with van der Waals surface area (Å²) in [6.45, 7) is 1.85. The minimum Gasteiger partial charge on any atom is -0.281 e. The van der Waals surface area contributed by atoms with Gasteiger partial charge in [-0.15, -0.1) is 0 Å². The van der Waals surface area contributed by atoms with Crippen molar-refractivity contribution >= 4 is 0 Å². The van der Waals surface area contributed by atoms with Gasteiger partial charge in [-0.05, 0) is 47.4 Å². The molecule has 0 aliphatic carbocycles. The molecule has 0 spiro atoms. The summed E-state index contributed by atoms with van der Waals surface area (Å²) in [7, 11) is 0. The molecule has 0 unspecified atom stereocenters. The van der Waals surface area contributed by atoms with Gasteiger partial charge >= 0.3 is 0 Å². The van der Waals surface area contributed by atoms with Crippen LogP contribution in [0.4, 0.5) is 4.39 Å². The molecule has 128 valence electrons. The third kappa shape index (κ3) is 3.69. The summed E-state index contributed by atoms with van der Waals surface area (Å²) in [6, 6.07) is 25.5. The molecule has 0 saturated carbocycles. The van der Waals surface area contributed by atoms with Crippen LogP contribution >= 0.6 is 0 Å². The van der Waals surface area contributed by atoms with Crippen LogP contribution in [-0.4, -0.2) is 11.4 Å². The van der Waals surface area contributed by atoms with Gasteiger partial charge < -0.3 is 0 Å². The largest absolute Gasteiger partial charge is 0.281 e. The lowest BCUT2D eigenvalue weighted by atomic mass is 9.92. The predicted octanol–water partition coefficient (Wildman–Crippen LogP) is 4.98. The minimum atomic E-state index is -0.232. The highest BCUT2D eigenvalue weighted by Crippen LogP contribution is 2.30. The number of fused-ring (bicyclic) bond motifs is 1. The van der Waals surface area contributed by atoms with E-state index >= 15 is 0 Å². The van der Waals surface area contributed by atoms with E-state index in [1.807, 2.05) is 6.07 Å². The molecule has 4 rings (SSSR count). The van der Waals surface area contributed by atoms with Crippen molar-refractivity contribution in [3.05, 3.63) is 107 Å². The Morgan fingerprint density at radius 1 is 0.885 bits per heavy atom. The van der Waals surface area contributed by atoms with Gasteiger partial charge in [0.25, 0.3) is 0 Å². The number of benzene rings is 3. The molecular formula is C24H20FN. The molecule has 0 radical (unpaired) electrons. The summed E-state index contributed by atoms with van der Waals surface area (Å²) in [6.07, 6.45) is 1.04. The van der Waals surface area contributed by atoms with E-state index in [-0.39, 0.29) is 11.9 Å². The van der Waals surface area contributed by atoms with Crippen molar-refractivity contribution in [1.29, 1.82) is 0 Å². The zero-order chi connectivity index (χ0) is 17.8. The van der Waals surface area contributed by atoms with Gasteiger partial charge in [0, 0.05) is 18.7 Å². The van der Waals surface area contributed by atoms with Crippen molar-refractivity contribution in [2.75, 3.05) is 6.54 Å². The molecular weight excluding hydrogens is 321 g/mol. The molecule has 1 atom stereocenters. The van der Waals surface area contributed by atoms with Crippen molar-refractivity contribution in [1.82, 2.24) is 4.90 Å². The van der Waals surface area contributed by atoms with Gasteiger partial charge in [-0.1, -0.05) is 66.4 Å². The standard InChI is InChI=1S/C24H20FN/c25-22-13-10-19(11-14-22)12-15-24-23-9-5-4-8-21(23)16-17-26(24)18-20-6-2-1-3-7-20/h1-11,13-14,24H,16-18H2/t24-/m1/s1. The fraction of sp³-hybridized carbons (Fsp3) is 0.167. The van der Waals surface area contributed by atoms with Crippen LogP contribution in [0.5, 0.6) is 0 Å². The summed E-state index contributed by atoms with van der Waals surface area (Å²) in [5.74, 6) is 6.45. The van der Waals surface area contributed by atoms with Gasteiger partial charge in [-0.2, -0.15) is 0 Å². The zero-order valence-corrected chi connectivity index (χ0v) is 14.5. The third-order valence-electron chi connectivity index (χ3n) is 4.81. The van der Waals surface area contributed by atoms with Crippen LogP contribution in [0.2, 0.25) is 0 Å². The molecule has 0 aromatic heterocycles. The quantitative estimate of drug-likeness (QED) is 0.595. The first-order chi connectivity index (χ1) is 12.8. The Kier molecular flexibility index (Phi) is 4.82. The Morgan fingerprint density at radius 2 is 1.62 bits per heavy atom. The summed E-state index contributed by atoms with van der Waals surface area (Å²) in [4.78, 5) is 2.42. The first-order valence-electron chi connectivity index (χ1n) is 8.92. The first kappa shape index (κ1) is 16.6. The number of halogens is 1. The lowest BCUT2D eigenvalue weighted by molar-refractivity contribution is 0.217. The second kappa shape index (κ2) is 7.56. The summed E-state index contributed by atoms with van der Waals surface area (Å²) in [5.41, 5.74) is 4.79. The lowest BCUT2D eigenvalue weighted by Crippen LogP contribution is -2.34. The van der Waals surface area contributed by atoms with E-state index in [1.54, 1.807) is 12.1 Å². The van der Waals surface area contributed by atoms with E-state index in [9.17, 15) is 4.39 Å². The molecule has 3 aromatic carbocycles. The molecule has 1 aliphatic rings. The molecule has 3 aromatic rings. The monoisotopic (exact) mass is 341 g/mol. The second-order valence-corrected chi connectivity index (χ2v) is 6.58. The highest BCUT2D eigenvalue weighted by molar-refractivity contribution is 5.42. The minimum absolute atomic E-state index is 0.0465. The molecule has 2 heteroatoms. The van der Waals surface area contributed by atoms with Crippen molar-refractivity contribution < 1.29 is 4.39 Å². The first-order valence-corrected chi connectivity index (χ1v) is 8.92. The number of hydrogen-bond acceptors (Lipinski definition) is 1. The van der Waals surface area contributed by atoms with Crippen LogP contribution in [0.25, 0.3) is 0 Å². The maximum absolute atomic E-state index is 13.1. The van der Waals surface area contributed by atoms with Crippen molar-refractivity contribution in [3.8, 4) is 11.8 Å². The van der Waals surface area contributed by atoms with E-state index in [4.69, 9.17) is 0 Å². The summed E-state index contributed by atoms with van der Waals surface area (Å²) >= 11 is 0. The summed E-state index contributed by atoms with van der Waals surface area (Å²) < 4.78 is 13.1. The molecule has 1 aliphatic heterocycles. The molecule has 0 fully saturated rings. The van der Waals surface area contributed by atoms with Crippen LogP contribution in [0.3, 0.4) is 0 Å². The fourth-order valence-electron chi connectivity index (χ4n) is 3.46. The highest BCUT2D eigenvalue weighted by atomic mass is 19.1. The van der Waals surface area contributed by atoms with Crippen LogP contribution in [0, 0.1) is 17.7 Å². The van der Waals surface area contributed by atoms with Gasteiger partial charge in [0.05, 0.1) is 6.04 Å². The Balaban J connectivity index is 1.67. The molecule has 1 heterocycles. The van der Waals surface area contributed by atoms with Gasteiger partial charge in [0.2, 0.25) is 0 Å². The Bertz CT molecular complexity index is 935. The van der Waals surface area contributed by atoms with Crippen LogP contribution in [-0.2, 0) is 13.0 Å². The van der Waals surface area contributed by atoms with Gasteiger partial charge in [-0.3, -0.25) is 4.90 Å². The predicted molar refractivity (Wildman–Crippen MR) is 103 cm³/mol. The van der Waals surface area contributed by atoms with E-state index in [0.29, 0.717) is 0 Å². The molecule has 1 nitrogen and oxygen atoms in total. The molecule has 0 amide bonds.